The van der Waals surface area contributed by atoms with Crippen LogP contribution in [0.15, 0.2) is 46.4 Å². The zero-order chi connectivity index (χ0) is 11.5. The highest BCUT2D eigenvalue weighted by Crippen LogP contribution is 2.08. The van der Waals surface area contributed by atoms with Crippen molar-refractivity contribution in [3.8, 4) is 6.07 Å². The minimum absolute atomic E-state index is 0.0677. The van der Waals surface area contributed by atoms with Gasteiger partial charge in [-0.25, -0.2) is 0 Å². The normalized spacial score (nSPS) is 15.2. The Labute approximate surface area is 91.5 Å². The third kappa shape index (κ3) is 7.39. The second-order valence-electron chi connectivity index (χ2n) is 3.04. The van der Waals surface area contributed by atoms with Gasteiger partial charge in [0.1, 0.15) is 0 Å². The fourth-order valence-corrected chi connectivity index (χ4v) is 0.936. The average molecular weight is 203 g/mol. The van der Waals surface area contributed by atoms with Crippen molar-refractivity contribution in [3.63, 3.8) is 0 Å². The topological polar surface area (TPSA) is 48.5 Å². The van der Waals surface area contributed by atoms with Crippen LogP contribution in [0.3, 0.4) is 0 Å². The van der Waals surface area contributed by atoms with Crippen LogP contribution < -0.4 is 0 Å². The van der Waals surface area contributed by atoms with Crippen molar-refractivity contribution in [2.45, 2.75) is 27.2 Å². The van der Waals surface area contributed by atoms with E-state index in [2.05, 4.69) is 16.3 Å². The van der Waals surface area contributed by atoms with Gasteiger partial charge in [0.05, 0.1) is 17.7 Å². The molecule has 1 atom stereocenters. The van der Waals surface area contributed by atoms with Crippen molar-refractivity contribution in [3.05, 3.63) is 36.2 Å². The number of azo groups is 1. The van der Waals surface area contributed by atoms with Gasteiger partial charge in [0.15, 0.2) is 0 Å². The molecule has 0 aliphatic carbocycles. The molecule has 0 aromatic carbocycles. The van der Waals surface area contributed by atoms with Crippen LogP contribution in [0.2, 0.25) is 0 Å². The third-order valence-electron chi connectivity index (χ3n) is 1.69. The molecule has 0 aliphatic heterocycles. The van der Waals surface area contributed by atoms with Gasteiger partial charge in [-0.2, -0.15) is 15.5 Å². The fraction of sp³-hybridized carbons (Fsp3) is 0.417. The second-order valence-corrected chi connectivity index (χ2v) is 3.04. The molecule has 0 spiro atoms. The molecule has 1 unspecified atom stereocenters. The van der Waals surface area contributed by atoms with E-state index in [1.54, 1.807) is 6.20 Å². The summed E-state index contributed by atoms with van der Waals surface area (Å²) in [5.74, 6) is -0.0677. The third-order valence-corrected chi connectivity index (χ3v) is 1.69. The SMILES string of the molecule is C/C=C\C(C#N)C/C=C(C)/N=N/C=C/C. The van der Waals surface area contributed by atoms with E-state index in [1.165, 1.54) is 0 Å². The molecule has 0 aromatic rings. The molecule has 0 saturated carbocycles. The molecule has 0 saturated heterocycles. The van der Waals surface area contributed by atoms with E-state index in [-0.39, 0.29) is 5.92 Å². The summed E-state index contributed by atoms with van der Waals surface area (Å²) < 4.78 is 0. The van der Waals surface area contributed by atoms with Crippen LogP contribution in [0.4, 0.5) is 0 Å². The predicted octanol–water partition coefficient (Wildman–Crippen LogP) is 3.98. The van der Waals surface area contributed by atoms with Gasteiger partial charge in [-0.3, -0.25) is 0 Å². The van der Waals surface area contributed by atoms with Crippen LogP contribution in [0.5, 0.6) is 0 Å². The highest BCUT2D eigenvalue weighted by molar-refractivity contribution is 5.05. The fourth-order valence-electron chi connectivity index (χ4n) is 0.936. The summed E-state index contributed by atoms with van der Waals surface area (Å²) in [7, 11) is 0. The molecule has 0 N–H and O–H groups in total. The number of nitrogens with zero attached hydrogens (tertiary/aromatic N) is 3. The van der Waals surface area contributed by atoms with Crippen molar-refractivity contribution >= 4 is 0 Å². The van der Waals surface area contributed by atoms with Gasteiger partial charge in [-0.05, 0) is 27.2 Å². The number of allylic oxidation sites excluding steroid dienone is 5. The minimum atomic E-state index is -0.0677. The van der Waals surface area contributed by atoms with Crippen molar-refractivity contribution in [1.82, 2.24) is 0 Å². The molecule has 0 aliphatic rings. The largest absolute Gasteiger partial charge is 0.198 e. The number of rotatable bonds is 5. The molecule has 0 aromatic heterocycles. The Balaban J connectivity index is 4.20. The monoisotopic (exact) mass is 203 g/mol. The van der Waals surface area contributed by atoms with Crippen molar-refractivity contribution in [2.75, 3.05) is 0 Å². The van der Waals surface area contributed by atoms with E-state index in [1.807, 2.05) is 45.1 Å². The molecule has 15 heavy (non-hydrogen) atoms. The maximum atomic E-state index is 8.79. The lowest BCUT2D eigenvalue weighted by molar-refractivity contribution is 0.836. The predicted molar refractivity (Wildman–Crippen MR) is 62.0 cm³/mol. The average Bonchev–Trinajstić information content (AvgIpc) is 2.24. The standard InChI is InChI=1S/C12H17N3/c1-4-6-12(10-13)8-7-11(3)15-14-9-5-2/h4-7,9,12H,8H2,1-3H3/b6-4-,9-5+,11-7+,15-14+. The maximum absolute atomic E-state index is 8.79. The van der Waals surface area contributed by atoms with E-state index in [9.17, 15) is 0 Å². The van der Waals surface area contributed by atoms with Gasteiger partial charge in [0.25, 0.3) is 0 Å². The van der Waals surface area contributed by atoms with Crippen LogP contribution in [0, 0.1) is 17.2 Å². The van der Waals surface area contributed by atoms with E-state index < -0.39 is 0 Å². The van der Waals surface area contributed by atoms with Crippen LogP contribution >= 0.6 is 0 Å². The Hall–Kier alpha value is -1.69. The van der Waals surface area contributed by atoms with Gasteiger partial charge >= 0.3 is 0 Å². The first-order valence-corrected chi connectivity index (χ1v) is 4.95. The number of hydrogen-bond donors (Lipinski definition) is 0. The van der Waals surface area contributed by atoms with Gasteiger partial charge in [0.2, 0.25) is 0 Å². The molecular formula is C12H17N3. The number of hydrogen-bond acceptors (Lipinski definition) is 3. The van der Waals surface area contributed by atoms with E-state index in [4.69, 9.17) is 5.26 Å². The Bertz CT molecular complexity index is 316. The van der Waals surface area contributed by atoms with E-state index in [0.29, 0.717) is 6.42 Å². The molecule has 0 radical (unpaired) electrons. The summed E-state index contributed by atoms with van der Waals surface area (Å²) >= 11 is 0. The second kappa shape index (κ2) is 8.89. The Morgan fingerprint density at radius 2 is 2.13 bits per heavy atom. The highest BCUT2D eigenvalue weighted by atomic mass is 15.1. The Morgan fingerprint density at radius 1 is 1.40 bits per heavy atom. The van der Waals surface area contributed by atoms with Gasteiger partial charge in [0, 0.05) is 6.20 Å². The minimum Gasteiger partial charge on any atom is -0.198 e. The quantitative estimate of drug-likeness (QED) is 0.492. The molecule has 3 nitrogen and oxygen atoms in total. The van der Waals surface area contributed by atoms with Crippen LogP contribution in [0.25, 0.3) is 0 Å². The van der Waals surface area contributed by atoms with Crippen LogP contribution in [-0.2, 0) is 0 Å². The summed E-state index contributed by atoms with van der Waals surface area (Å²) in [5.41, 5.74) is 0.831. The first-order valence-electron chi connectivity index (χ1n) is 4.95. The molecule has 3 heteroatoms. The zero-order valence-corrected chi connectivity index (χ0v) is 9.51. The summed E-state index contributed by atoms with van der Waals surface area (Å²) in [5, 5.41) is 16.5. The van der Waals surface area contributed by atoms with E-state index in [0.717, 1.165) is 5.70 Å². The highest BCUT2D eigenvalue weighted by Gasteiger charge is 1.98. The lowest BCUT2D eigenvalue weighted by atomic mass is 10.1. The van der Waals surface area contributed by atoms with Gasteiger partial charge in [-0.15, -0.1) is 0 Å². The van der Waals surface area contributed by atoms with Crippen molar-refractivity contribution in [2.24, 2.45) is 16.1 Å². The first kappa shape index (κ1) is 13.3. The summed E-state index contributed by atoms with van der Waals surface area (Å²) in [6.07, 6.45) is 9.81. The summed E-state index contributed by atoms with van der Waals surface area (Å²) in [6, 6.07) is 2.21. The Morgan fingerprint density at radius 3 is 2.67 bits per heavy atom. The smallest absolute Gasteiger partial charge is 0.0700 e. The van der Waals surface area contributed by atoms with Crippen molar-refractivity contribution in [1.29, 1.82) is 5.26 Å². The maximum Gasteiger partial charge on any atom is 0.0700 e. The number of nitriles is 1. The van der Waals surface area contributed by atoms with Crippen LogP contribution in [-0.4, -0.2) is 0 Å². The molecule has 80 valence electrons. The van der Waals surface area contributed by atoms with Crippen LogP contribution in [0.1, 0.15) is 27.2 Å². The summed E-state index contributed by atoms with van der Waals surface area (Å²) in [6.45, 7) is 5.67. The van der Waals surface area contributed by atoms with Gasteiger partial charge in [-0.1, -0.05) is 24.3 Å². The molecule has 0 bridgehead atoms. The van der Waals surface area contributed by atoms with Crippen molar-refractivity contribution < 1.29 is 0 Å². The molecule has 0 rings (SSSR count). The first-order chi connectivity index (χ1) is 7.24. The lowest BCUT2D eigenvalue weighted by Gasteiger charge is -1.97. The molecule has 0 amide bonds. The lowest BCUT2D eigenvalue weighted by Crippen LogP contribution is -1.89. The Kier molecular flexibility index (Phi) is 7.89. The molecule has 0 fully saturated rings. The summed E-state index contributed by atoms with van der Waals surface area (Å²) in [4.78, 5) is 0. The van der Waals surface area contributed by atoms with E-state index >= 15 is 0 Å². The molecular weight excluding hydrogens is 186 g/mol. The zero-order valence-electron chi connectivity index (χ0n) is 9.51. The van der Waals surface area contributed by atoms with Gasteiger partial charge < -0.3 is 0 Å². The molecule has 0 heterocycles.